The second-order valence-corrected chi connectivity index (χ2v) is 10.2. The van der Waals surface area contributed by atoms with Crippen molar-refractivity contribution in [2.45, 2.75) is 22.3 Å². The molecule has 1 heterocycles. The van der Waals surface area contributed by atoms with E-state index in [0.717, 1.165) is 14.3 Å². The molecule has 2 aromatic rings. The number of likely N-dealkylation sites (N-methyl/N-ethyl adjacent to an activating group) is 1. The van der Waals surface area contributed by atoms with Gasteiger partial charge in [-0.05, 0) is 42.3 Å². The van der Waals surface area contributed by atoms with Crippen molar-refractivity contribution >= 4 is 43.6 Å². The minimum atomic E-state index is -3.77. The Morgan fingerprint density at radius 2 is 2.00 bits per heavy atom. The van der Waals surface area contributed by atoms with E-state index < -0.39 is 15.9 Å². The summed E-state index contributed by atoms with van der Waals surface area (Å²) in [7, 11) is -2.41. The maximum atomic E-state index is 13.9. The van der Waals surface area contributed by atoms with Crippen LogP contribution in [0, 0.1) is 5.82 Å². The average molecular weight is 473 g/mol. The molecule has 0 aromatic heterocycles. The lowest BCUT2D eigenvalue weighted by Gasteiger charge is -2.27. The van der Waals surface area contributed by atoms with Crippen molar-refractivity contribution in [2.75, 3.05) is 19.3 Å². The fourth-order valence-corrected chi connectivity index (χ4v) is 5.38. The van der Waals surface area contributed by atoms with Crippen LogP contribution in [0.5, 0.6) is 0 Å². The monoisotopic (exact) mass is 472 g/mol. The lowest BCUT2D eigenvalue weighted by molar-refractivity contribution is -0.121. The number of rotatable bonds is 5. The molecule has 0 saturated heterocycles. The highest BCUT2D eigenvalue weighted by molar-refractivity contribution is 9.10. The van der Waals surface area contributed by atoms with Gasteiger partial charge in [-0.3, -0.25) is 4.79 Å². The van der Waals surface area contributed by atoms with E-state index in [0.29, 0.717) is 17.1 Å². The molecule has 3 rings (SSSR count). The normalized spacial score (nSPS) is 16.8. The molecule has 144 valence electrons. The Kier molecular flexibility index (Phi) is 6.25. The molecule has 1 aliphatic rings. The molecule has 0 aliphatic carbocycles. The van der Waals surface area contributed by atoms with Gasteiger partial charge in [-0.15, -0.1) is 11.8 Å². The lowest BCUT2D eigenvalue weighted by Crippen LogP contribution is -2.40. The predicted molar refractivity (Wildman–Crippen MR) is 107 cm³/mol. The molecule has 2 aromatic carbocycles. The van der Waals surface area contributed by atoms with Crippen LogP contribution in [0.25, 0.3) is 0 Å². The molecule has 9 heteroatoms. The van der Waals surface area contributed by atoms with E-state index >= 15 is 0 Å². The van der Waals surface area contributed by atoms with E-state index in [1.165, 1.54) is 37.0 Å². The van der Waals surface area contributed by atoms with Crippen LogP contribution in [0.4, 0.5) is 4.39 Å². The number of nitrogens with zero attached hydrogens (tertiary/aromatic N) is 1. The summed E-state index contributed by atoms with van der Waals surface area (Å²) in [6.07, 6.45) is 0.663. The Hall–Kier alpha value is -1.42. The van der Waals surface area contributed by atoms with E-state index in [-0.39, 0.29) is 23.3 Å². The lowest BCUT2D eigenvalue weighted by atomic mass is 10.0. The first-order valence-electron chi connectivity index (χ1n) is 8.21. The number of carbonyl (C=O) groups excluding carboxylic acids is 1. The van der Waals surface area contributed by atoms with Crippen molar-refractivity contribution < 1.29 is 17.6 Å². The molecule has 0 saturated carbocycles. The summed E-state index contributed by atoms with van der Waals surface area (Å²) in [6.45, 7) is -0.313. The smallest absolute Gasteiger partial charge is 0.243 e. The van der Waals surface area contributed by atoms with Gasteiger partial charge < -0.3 is 5.32 Å². The molecule has 1 aliphatic heterocycles. The van der Waals surface area contributed by atoms with Crippen molar-refractivity contribution in [3.63, 3.8) is 0 Å². The Labute approximate surface area is 170 Å². The van der Waals surface area contributed by atoms with Gasteiger partial charge in [0.1, 0.15) is 5.82 Å². The first-order chi connectivity index (χ1) is 12.8. The zero-order valence-electron chi connectivity index (χ0n) is 14.5. The second kappa shape index (κ2) is 8.30. The molecule has 1 N–H and O–H groups in total. The van der Waals surface area contributed by atoms with Gasteiger partial charge >= 0.3 is 0 Å². The number of carbonyl (C=O) groups is 1. The Morgan fingerprint density at radius 1 is 1.30 bits per heavy atom. The number of thioether (sulfide) groups is 1. The minimum Gasteiger partial charge on any atom is -0.348 e. The molecule has 1 atom stereocenters. The third-order valence-corrected chi connectivity index (χ3v) is 7.75. The molecule has 0 fully saturated rings. The van der Waals surface area contributed by atoms with Crippen LogP contribution in [0.2, 0.25) is 0 Å². The van der Waals surface area contributed by atoms with Crippen molar-refractivity contribution in [3.05, 3.63) is 58.3 Å². The first-order valence-corrected chi connectivity index (χ1v) is 11.4. The predicted octanol–water partition coefficient (Wildman–Crippen LogP) is 3.56. The SMILES string of the molecule is CN(CC(=O)NC1CCSc2c(F)cccc21)S(=O)(=O)c1ccc(Br)cc1. The summed E-state index contributed by atoms with van der Waals surface area (Å²) >= 11 is 4.69. The minimum absolute atomic E-state index is 0.113. The number of hydrogen-bond acceptors (Lipinski definition) is 4. The molecule has 0 radical (unpaired) electrons. The largest absolute Gasteiger partial charge is 0.348 e. The summed E-state index contributed by atoms with van der Waals surface area (Å²) in [4.78, 5) is 13.1. The first kappa shape index (κ1) is 20.3. The van der Waals surface area contributed by atoms with Crippen LogP contribution in [0.1, 0.15) is 18.0 Å². The number of benzene rings is 2. The quantitative estimate of drug-likeness (QED) is 0.722. The summed E-state index contributed by atoms with van der Waals surface area (Å²) in [6, 6.07) is 10.7. The molecular formula is C18H18BrFN2O3S2. The highest BCUT2D eigenvalue weighted by Crippen LogP contribution is 2.37. The number of amides is 1. The number of sulfonamides is 1. The van der Waals surface area contributed by atoms with Crippen molar-refractivity contribution in [2.24, 2.45) is 0 Å². The van der Waals surface area contributed by atoms with Crippen LogP contribution in [-0.4, -0.2) is 38.0 Å². The van der Waals surface area contributed by atoms with Gasteiger partial charge in [0.15, 0.2) is 0 Å². The third-order valence-electron chi connectivity index (χ3n) is 4.25. The van der Waals surface area contributed by atoms with Crippen molar-refractivity contribution in [3.8, 4) is 0 Å². The third kappa shape index (κ3) is 4.53. The molecule has 0 bridgehead atoms. The van der Waals surface area contributed by atoms with Crippen molar-refractivity contribution in [1.82, 2.24) is 9.62 Å². The van der Waals surface area contributed by atoms with E-state index in [9.17, 15) is 17.6 Å². The van der Waals surface area contributed by atoms with Crippen LogP contribution in [-0.2, 0) is 14.8 Å². The van der Waals surface area contributed by atoms with Gasteiger partial charge in [-0.25, -0.2) is 12.8 Å². The summed E-state index contributed by atoms with van der Waals surface area (Å²) in [5, 5.41) is 2.83. The molecule has 1 unspecified atom stereocenters. The zero-order valence-corrected chi connectivity index (χ0v) is 17.7. The average Bonchev–Trinajstić information content (AvgIpc) is 2.63. The standard InChI is InChI=1S/C18H18BrFN2O3S2/c1-22(27(24,25)13-7-5-12(19)6-8-13)11-17(23)21-16-9-10-26-18-14(16)3-2-4-15(18)20/h2-8,16H,9-11H2,1H3,(H,21,23). The zero-order chi connectivity index (χ0) is 19.6. The number of nitrogens with one attached hydrogen (secondary N) is 1. The van der Waals surface area contributed by atoms with Crippen LogP contribution >= 0.6 is 27.7 Å². The highest BCUT2D eigenvalue weighted by Gasteiger charge is 2.27. The van der Waals surface area contributed by atoms with Gasteiger partial charge in [0.25, 0.3) is 0 Å². The van der Waals surface area contributed by atoms with Crippen LogP contribution < -0.4 is 5.32 Å². The van der Waals surface area contributed by atoms with Gasteiger partial charge in [-0.1, -0.05) is 28.1 Å². The molecule has 0 spiro atoms. The number of halogens is 2. The van der Waals surface area contributed by atoms with E-state index in [2.05, 4.69) is 21.2 Å². The van der Waals surface area contributed by atoms with Gasteiger partial charge in [-0.2, -0.15) is 4.31 Å². The fourth-order valence-electron chi connectivity index (χ4n) is 2.85. The van der Waals surface area contributed by atoms with Gasteiger partial charge in [0.05, 0.1) is 17.5 Å². The van der Waals surface area contributed by atoms with E-state index in [1.54, 1.807) is 24.3 Å². The van der Waals surface area contributed by atoms with E-state index in [4.69, 9.17) is 0 Å². The molecule has 1 amide bonds. The maximum Gasteiger partial charge on any atom is 0.243 e. The van der Waals surface area contributed by atoms with Crippen molar-refractivity contribution in [1.29, 1.82) is 0 Å². The summed E-state index contributed by atoms with van der Waals surface area (Å²) in [5.41, 5.74) is 0.734. The molecule has 5 nitrogen and oxygen atoms in total. The molecule has 27 heavy (non-hydrogen) atoms. The maximum absolute atomic E-state index is 13.9. The highest BCUT2D eigenvalue weighted by atomic mass is 79.9. The number of hydrogen-bond donors (Lipinski definition) is 1. The second-order valence-electron chi connectivity index (χ2n) is 6.13. The summed E-state index contributed by atoms with van der Waals surface area (Å²) < 4.78 is 40.9. The Morgan fingerprint density at radius 3 is 2.70 bits per heavy atom. The van der Waals surface area contributed by atoms with Gasteiger partial charge in [0, 0.05) is 22.2 Å². The number of fused-ring (bicyclic) bond motifs is 1. The topological polar surface area (TPSA) is 66.5 Å². The fraction of sp³-hybridized carbons (Fsp3) is 0.278. The Balaban J connectivity index is 1.70. The van der Waals surface area contributed by atoms with Crippen LogP contribution in [0.3, 0.4) is 0 Å². The van der Waals surface area contributed by atoms with Crippen LogP contribution in [0.15, 0.2) is 56.7 Å². The van der Waals surface area contributed by atoms with E-state index in [1.807, 2.05) is 0 Å². The Bertz CT molecular complexity index is 952. The van der Waals surface area contributed by atoms with Gasteiger partial charge in [0.2, 0.25) is 15.9 Å². The molecular weight excluding hydrogens is 455 g/mol. The summed E-state index contributed by atoms with van der Waals surface area (Å²) in [5.74, 6) is -0.0389.